The van der Waals surface area contributed by atoms with Crippen LogP contribution in [-0.4, -0.2) is 15.7 Å². The molecule has 1 aliphatic rings. The van der Waals surface area contributed by atoms with Gasteiger partial charge in [0.1, 0.15) is 0 Å². The number of benzene rings is 1. The minimum Gasteiger partial charge on any atom is -0.370 e. The Morgan fingerprint density at radius 3 is 3.00 bits per heavy atom. The van der Waals surface area contributed by atoms with Gasteiger partial charge in [-0.3, -0.25) is 10.4 Å². The smallest absolute Gasteiger partial charge is 0.195 e. The van der Waals surface area contributed by atoms with E-state index in [2.05, 4.69) is 15.4 Å². The molecule has 0 amide bonds. The van der Waals surface area contributed by atoms with E-state index in [1.165, 1.54) is 0 Å². The van der Waals surface area contributed by atoms with E-state index in [1.807, 2.05) is 31.4 Å². The van der Waals surface area contributed by atoms with Crippen LogP contribution in [0.4, 0.5) is 0 Å². The van der Waals surface area contributed by atoms with Crippen molar-refractivity contribution in [1.29, 1.82) is 0 Å². The number of nitrogens with one attached hydrogen (secondary N) is 1. The molecule has 0 saturated carbocycles. The minimum absolute atomic E-state index is 0.307. The van der Waals surface area contributed by atoms with Crippen LogP contribution in [0.15, 0.2) is 41.7 Å². The molecule has 1 aromatic heterocycles. The van der Waals surface area contributed by atoms with Gasteiger partial charge in [-0.2, -0.15) is 5.10 Å². The molecule has 18 heavy (non-hydrogen) atoms. The molecule has 92 valence electrons. The van der Waals surface area contributed by atoms with Gasteiger partial charge >= 0.3 is 0 Å². The first-order valence-electron chi connectivity index (χ1n) is 5.59. The van der Waals surface area contributed by atoms with Gasteiger partial charge in [-0.05, 0) is 12.1 Å². The highest BCUT2D eigenvalue weighted by Gasteiger charge is 2.26. The van der Waals surface area contributed by atoms with Gasteiger partial charge in [-0.1, -0.05) is 12.1 Å². The monoisotopic (exact) mass is 242 g/mol. The van der Waals surface area contributed by atoms with Crippen molar-refractivity contribution in [3.05, 3.63) is 42.2 Å². The van der Waals surface area contributed by atoms with Crippen LogP contribution in [0, 0.1) is 0 Å². The maximum absolute atomic E-state index is 6.24. The Morgan fingerprint density at radius 2 is 2.22 bits per heavy atom. The highest BCUT2D eigenvalue weighted by molar-refractivity contribution is 5.82. The molecular weight excluding hydrogens is 228 g/mol. The van der Waals surface area contributed by atoms with Crippen molar-refractivity contribution in [1.82, 2.24) is 15.1 Å². The summed E-state index contributed by atoms with van der Waals surface area (Å²) in [5.41, 5.74) is 12.7. The molecule has 6 nitrogen and oxygen atoms in total. The SMILES string of the molecule is Cn1cc2ccc(C3(N)C=CNC(N)=N3)cc2n1. The summed E-state index contributed by atoms with van der Waals surface area (Å²) in [5.74, 6) is 0.307. The molecular formula is C12H14N6. The van der Waals surface area contributed by atoms with Gasteiger partial charge in [0.15, 0.2) is 11.6 Å². The zero-order valence-corrected chi connectivity index (χ0v) is 9.96. The highest BCUT2D eigenvalue weighted by atomic mass is 15.2. The van der Waals surface area contributed by atoms with Crippen LogP contribution in [0.2, 0.25) is 0 Å². The van der Waals surface area contributed by atoms with Crippen molar-refractivity contribution in [2.75, 3.05) is 0 Å². The average molecular weight is 242 g/mol. The number of guanidine groups is 1. The summed E-state index contributed by atoms with van der Waals surface area (Å²) >= 11 is 0. The van der Waals surface area contributed by atoms with E-state index in [0.29, 0.717) is 5.96 Å². The summed E-state index contributed by atoms with van der Waals surface area (Å²) < 4.78 is 1.77. The van der Waals surface area contributed by atoms with Crippen LogP contribution >= 0.6 is 0 Å². The van der Waals surface area contributed by atoms with Crippen molar-refractivity contribution in [3.8, 4) is 0 Å². The lowest BCUT2D eigenvalue weighted by Crippen LogP contribution is -2.42. The third kappa shape index (κ3) is 1.63. The fourth-order valence-electron chi connectivity index (χ4n) is 2.07. The maximum Gasteiger partial charge on any atom is 0.195 e. The van der Waals surface area contributed by atoms with E-state index in [4.69, 9.17) is 11.5 Å². The normalized spacial score (nSPS) is 22.9. The van der Waals surface area contributed by atoms with Gasteiger partial charge in [0.25, 0.3) is 0 Å². The standard InChI is InChI=1S/C12H14N6/c1-18-7-8-2-3-9(6-10(8)17-18)12(14)4-5-15-11(13)16-12/h2-7H,14H2,1H3,(H3,13,15,16). The van der Waals surface area contributed by atoms with Gasteiger partial charge in [0, 0.05) is 30.4 Å². The van der Waals surface area contributed by atoms with E-state index in [1.54, 1.807) is 17.0 Å². The molecule has 1 unspecified atom stereocenters. The van der Waals surface area contributed by atoms with Crippen LogP contribution in [0.3, 0.4) is 0 Å². The summed E-state index contributed by atoms with van der Waals surface area (Å²) in [7, 11) is 1.89. The predicted octanol–water partition coefficient (Wildman–Crippen LogP) is 0.116. The molecule has 0 radical (unpaired) electrons. The first-order valence-corrected chi connectivity index (χ1v) is 5.59. The first-order chi connectivity index (χ1) is 8.57. The lowest BCUT2D eigenvalue weighted by molar-refractivity contribution is 0.582. The fourth-order valence-corrected chi connectivity index (χ4v) is 2.07. The average Bonchev–Trinajstić information content (AvgIpc) is 2.67. The Labute approximate surface area is 104 Å². The Balaban J connectivity index is 2.13. The number of aromatic nitrogens is 2. The van der Waals surface area contributed by atoms with Crippen LogP contribution in [0.25, 0.3) is 10.9 Å². The van der Waals surface area contributed by atoms with Gasteiger partial charge in [0.2, 0.25) is 0 Å². The Bertz CT molecular complexity index is 668. The molecule has 0 aliphatic carbocycles. The van der Waals surface area contributed by atoms with Crippen LogP contribution in [0.5, 0.6) is 0 Å². The number of nitrogens with two attached hydrogens (primary N) is 2. The topological polar surface area (TPSA) is 94.2 Å². The van der Waals surface area contributed by atoms with Crippen molar-refractivity contribution in [2.45, 2.75) is 5.66 Å². The third-order valence-electron chi connectivity index (χ3n) is 2.96. The second-order valence-corrected chi connectivity index (χ2v) is 4.38. The van der Waals surface area contributed by atoms with E-state index >= 15 is 0 Å². The number of rotatable bonds is 1. The number of hydrogen-bond donors (Lipinski definition) is 3. The van der Waals surface area contributed by atoms with Gasteiger partial charge in [-0.15, -0.1) is 0 Å². The van der Waals surface area contributed by atoms with Crippen molar-refractivity contribution >= 4 is 16.9 Å². The zero-order chi connectivity index (χ0) is 12.8. The molecule has 1 aliphatic heterocycles. The molecule has 0 saturated heterocycles. The second-order valence-electron chi connectivity index (χ2n) is 4.38. The predicted molar refractivity (Wildman–Crippen MR) is 70.5 cm³/mol. The molecule has 1 aromatic carbocycles. The largest absolute Gasteiger partial charge is 0.370 e. The number of hydrogen-bond acceptors (Lipinski definition) is 5. The van der Waals surface area contributed by atoms with E-state index in [-0.39, 0.29) is 0 Å². The van der Waals surface area contributed by atoms with Crippen LogP contribution < -0.4 is 16.8 Å². The molecule has 2 heterocycles. The summed E-state index contributed by atoms with van der Waals surface area (Å²) in [4.78, 5) is 4.24. The highest BCUT2D eigenvalue weighted by Crippen LogP contribution is 2.26. The second kappa shape index (κ2) is 3.58. The van der Waals surface area contributed by atoms with E-state index < -0.39 is 5.66 Å². The number of fused-ring (bicyclic) bond motifs is 1. The molecule has 2 aromatic rings. The lowest BCUT2D eigenvalue weighted by Gasteiger charge is -2.25. The Morgan fingerprint density at radius 1 is 1.39 bits per heavy atom. The van der Waals surface area contributed by atoms with Crippen molar-refractivity contribution < 1.29 is 0 Å². The fraction of sp³-hybridized carbons (Fsp3) is 0.167. The molecule has 6 heteroatoms. The summed E-state index contributed by atoms with van der Waals surface area (Å²) in [6.07, 6.45) is 5.43. The van der Waals surface area contributed by atoms with Gasteiger partial charge in [-0.25, -0.2) is 4.99 Å². The van der Waals surface area contributed by atoms with E-state index in [0.717, 1.165) is 16.5 Å². The van der Waals surface area contributed by atoms with Crippen molar-refractivity contribution in [3.63, 3.8) is 0 Å². The summed E-state index contributed by atoms with van der Waals surface area (Å²) in [6.45, 7) is 0. The van der Waals surface area contributed by atoms with Crippen molar-refractivity contribution in [2.24, 2.45) is 23.5 Å². The quantitative estimate of drug-likeness (QED) is 0.662. The number of aliphatic imine (C=N–C) groups is 1. The molecule has 3 rings (SSSR count). The molecule has 0 fully saturated rings. The summed E-state index contributed by atoms with van der Waals surface area (Å²) in [6, 6.07) is 5.85. The van der Waals surface area contributed by atoms with Gasteiger partial charge in [0.05, 0.1) is 5.52 Å². The number of nitrogens with zero attached hydrogens (tertiary/aromatic N) is 3. The Kier molecular flexibility index (Phi) is 2.14. The first kappa shape index (κ1) is 10.8. The molecule has 0 spiro atoms. The number of aryl methyl sites for hydroxylation is 1. The zero-order valence-electron chi connectivity index (χ0n) is 9.96. The minimum atomic E-state index is -0.930. The third-order valence-corrected chi connectivity index (χ3v) is 2.96. The molecule has 1 atom stereocenters. The van der Waals surface area contributed by atoms with Gasteiger partial charge < -0.3 is 11.1 Å². The summed E-state index contributed by atoms with van der Waals surface area (Å²) in [5, 5.41) is 8.23. The molecule has 5 N–H and O–H groups in total. The maximum atomic E-state index is 6.24. The van der Waals surface area contributed by atoms with Crippen LogP contribution in [0.1, 0.15) is 5.56 Å². The van der Waals surface area contributed by atoms with E-state index in [9.17, 15) is 0 Å². The molecule has 0 bridgehead atoms. The van der Waals surface area contributed by atoms with Crippen LogP contribution in [-0.2, 0) is 12.7 Å². The lowest BCUT2D eigenvalue weighted by atomic mass is 9.99. The Hall–Kier alpha value is -2.34.